The van der Waals surface area contributed by atoms with Crippen molar-refractivity contribution >= 4 is 17.5 Å². The molecule has 3 heterocycles. The molecule has 2 unspecified atom stereocenters. The van der Waals surface area contributed by atoms with Gasteiger partial charge in [-0.1, -0.05) is 6.92 Å². The zero-order valence-electron chi connectivity index (χ0n) is 15.0. The van der Waals surface area contributed by atoms with E-state index in [4.69, 9.17) is 0 Å². The van der Waals surface area contributed by atoms with Crippen LogP contribution in [-0.4, -0.2) is 59.8 Å². The molecule has 7 nitrogen and oxygen atoms in total. The van der Waals surface area contributed by atoms with Gasteiger partial charge in [0.1, 0.15) is 18.0 Å². The summed E-state index contributed by atoms with van der Waals surface area (Å²) in [4.78, 5) is 25.5. The third-order valence-electron chi connectivity index (χ3n) is 5.19. The van der Waals surface area contributed by atoms with Crippen LogP contribution in [0, 0.1) is 5.92 Å². The second-order valence-corrected chi connectivity index (χ2v) is 6.98. The van der Waals surface area contributed by atoms with E-state index in [1.807, 2.05) is 6.07 Å². The Morgan fingerprint density at radius 2 is 2.08 bits per heavy atom. The number of piperidine rings is 1. The van der Waals surface area contributed by atoms with Crippen molar-refractivity contribution in [1.82, 2.24) is 15.3 Å². The van der Waals surface area contributed by atoms with Crippen LogP contribution in [0.3, 0.4) is 0 Å². The Morgan fingerprint density at radius 3 is 2.88 bits per heavy atom. The molecule has 138 valence electrons. The van der Waals surface area contributed by atoms with Crippen LogP contribution in [-0.2, 0) is 4.79 Å². The van der Waals surface area contributed by atoms with Crippen LogP contribution in [0.1, 0.15) is 39.0 Å². The van der Waals surface area contributed by atoms with Gasteiger partial charge < -0.3 is 20.2 Å². The maximum atomic E-state index is 12.3. The van der Waals surface area contributed by atoms with Gasteiger partial charge in [-0.15, -0.1) is 0 Å². The molecule has 2 fully saturated rings. The summed E-state index contributed by atoms with van der Waals surface area (Å²) in [5.74, 6) is 1.93. The van der Waals surface area contributed by atoms with Crippen molar-refractivity contribution in [2.75, 3.05) is 42.6 Å². The maximum absolute atomic E-state index is 12.3. The topological polar surface area (TPSA) is 81.6 Å². The van der Waals surface area contributed by atoms with E-state index in [9.17, 15) is 9.90 Å². The molecular formula is C18H29N5O2. The largest absolute Gasteiger partial charge is 0.394 e. The average molecular weight is 347 g/mol. The van der Waals surface area contributed by atoms with E-state index < -0.39 is 0 Å². The summed E-state index contributed by atoms with van der Waals surface area (Å²) >= 11 is 0. The van der Waals surface area contributed by atoms with Crippen molar-refractivity contribution in [2.24, 2.45) is 5.92 Å². The minimum absolute atomic E-state index is 0.0238. The molecule has 2 atom stereocenters. The molecule has 2 aliphatic rings. The van der Waals surface area contributed by atoms with Gasteiger partial charge in [-0.05, 0) is 32.1 Å². The van der Waals surface area contributed by atoms with Crippen molar-refractivity contribution in [1.29, 1.82) is 0 Å². The van der Waals surface area contributed by atoms with Gasteiger partial charge in [-0.25, -0.2) is 9.97 Å². The Balaban J connectivity index is 1.69. The van der Waals surface area contributed by atoms with Crippen LogP contribution >= 0.6 is 0 Å². The first-order chi connectivity index (χ1) is 12.2. The number of nitrogens with zero attached hydrogens (tertiary/aromatic N) is 4. The predicted molar refractivity (Wildman–Crippen MR) is 97.7 cm³/mol. The lowest BCUT2D eigenvalue weighted by Crippen LogP contribution is -2.43. The van der Waals surface area contributed by atoms with Crippen molar-refractivity contribution in [3.8, 4) is 0 Å². The molecule has 0 aliphatic carbocycles. The van der Waals surface area contributed by atoms with Crippen LogP contribution in [0.25, 0.3) is 0 Å². The Kier molecular flexibility index (Phi) is 6.07. The quantitative estimate of drug-likeness (QED) is 0.804. The Morgan fingerprint density at radius 1 is 1.28 bits per heavy atom. The van der Waals surface area contributed by atoms with Crippen LogP contribution < -0.4 is 15.1 Å². The molecule has 0 aromatic carbocycles. The highest BCUT2D eigenvalue weighted by Gasteiger charge is 2.28. The van der Waals surface area contributed by atoms with Gasteiger partial charge in [-0.2, -0.15) is 0 Å². The fourth-order valence-corrected chi connectivity index (χ4v) is 3.79. The monoisotopic (exact) mass is 347 g/mol. The highest BCUT2D eigenvalue weighted by Crippen LogP contribution is 2.27. The summed E-state index contributed by atoms with van der Waals surface area (Å²) in [7, 11) is 0. The summed E-state index contributed by atoms with van der Waals surface area (Å²) in [6, 6.07) is 2.15. The normalized spacial score (nSPS) is 23.8. The van der Waals surface area contributed by atoms with Gasteiger partial charge >= 0.3 is 0 Å². The van der Waals surface area contributed by atoms with E-state index in [1.54, 1.807) is 6.33 Å². The zero-order chi connectivity index (χ0) is 17.6. The van der Waals surface area contributed by atoms with Gasteiger partial charge in [0.25, 0.3) is 0 Å². The van der Waals surface area contributed by atoms with E-state index >= 15 is 0 Å². The molecule has 7 heteroatoms. The molecule has 0 spiro atoms. The van der Waals surface area contributed by atoms with E-state index in [1.165, 1.54) is 0 Å². The number of aliphatic hydroxyl groups excluding tert-OH is 1. The SMILES string of the molecule is CCCNC(=O)C1CCCN(c2cc(N3CCCC3CO)ncn2)C1. The van der Waals surface area contributed by atoms with Crippen LogP contribution in [0.4, 0.5) is 11.6 Å². The molecule has 1 aromatic rings. The lowest BCUT2D eigenvalue weighted by atomic mass is 9.97. The minimum Gasteiger partial charge on any atom is -0.394 e. The molecule has 0 saturated carbocycles. The fourth-order valence-electron chi connectivity index (χ4n) is 3.79. The van der Waals surface area contributed by atoms with E-state index in [-0.39, 0.29) is 24.5 Å². The molecule has 0 bridgehead atoms. The molecule has 2 saturated heterocycles. The van der Waals surface area contributed by atoms with Crippen LogP contribution in [0.2, 0.25) is 0 Å². The Hall–Kier alpha value is -1.89. The number of carbonyl (C=O) groups excluding carboxylic acids is 1. The highest BCUT2D eigenvalue weighted by molar-refractivity contribution is 5.79. The number of anilines is 2. The van der Waals surface area contributed by atoms with Crippen molar-refractivity contribution in [2.45, 2.75) is 45.1 Å². The smallest absolute Gasteiger partial charge is 0.224 e. The first-order valence-corrected chi connectivity index (χ1v) is 9.45. The van der Waals surface area contributed by atoms with Crippen LogP contribution in [0.15, 0.2) is 12.4 Å². The summed E-state index contributed by atoms with van der Waals surface area (Å²) in [6.45, 7) is 5.50. The van der Waals surface area contributed by atoms with Crippen molar-refractivity contribution < 1.29 is 9.90 Å². The summed E-state index contributed by atoms with van der Waals surface area (Å²) in [6.07, 6.45) is 6.56. The number of hydrogen-bond acceptors (Lipinski definition) is 6. The second-order valence-electron chi connectivity index (χ2n) is 6.98. The van der Waals surface area contributed by atoms with E-state index in [0.717, 1.165) is 63.4 Å². The number of carbonyl (C=O) groups is 1. The number of hydrogen-bond donors (Lipinski definition) is 2. The summed E-state index contributed by atoms with van der Waals surface area (Å²) in [5, 5.41) is 12.6. The number of amides is 1. The molecule has 2 aliphatic heterocycles. The standard InChI is InChI=1S/C18H29N5O2/c1-2-7-19-18(25)14-5-3-8-22(11-14)16-10-17(21-13-20-16)23-9-4-6-15(23)12-24/h10,13-15,24H,2-9,11-12H2,1H3,(H,19,25). The molecule has 25 heavy (non-hydrogen) atoms. The molecule has 2 N–H and O–H groups in total. The number of aromatic nitrogens is 2. The minimum atomic E-state index is 0.0238. The van der Waals surface area contributed by atoms with Crippen LogP contribution in [0.5, 0.6) is 0 Å². The predicted octanol–water partition coefficient (Wildman–Crippen LogP) is 1.18. The molecule has 3 rings (SSSR count). The van der Waals surface area contributed by atoms with Gasteiger partial charge in [-0.3, -0.25) is 4.79 Å². The molecule has 0 radical (unpaired) electrons. The Labute approximate surface area is 149 Å². The van der Waals surface area contributed by atoms with Crippen molar-refractivity contribution in [3.63, 3.8) is 0 Å². The highest BCUT2D eigenvalue weighted by atomic mass is 16.3. The number of rotatable bonds is 6. The molecule has 1 aromatic heterocycles. The third-order valence-corrected chi connectivity index (χ3v) is 5.19. The molecular weight excluding hydrogens is 318 g/mol. The third kappa shape index (κ3) is 4.21. The second kappa shape index (κ2) is 8.47. The van der Waals surface area contributed by atoms with Gasteiger partial charge in [0.15, 0.2) is 0 Å². The van der Waals surface area contributed by atoms with Crippen molar-refractivity contribution in [3.05, 3.63) is 12.4 Å². The lowest BCUT2D eigenvalue weighted by Gasteiger charge is -2.33. The van der Waals surface area contributed by atoms with Gasteiger partial charge in [0.2, 0.25) is 5.91 Å². The average Bonchev–Trinajstić information content (AvgIpc) is 3.15. The van der Waals surface area contributed by atoms with Gasteiger partial charge in [0.05, 0.1) is 18.6 Å². The first kappa shape index (κ1) is 17.9. The van der Waals surface area contributed by atoms with E-state index in [0.29, 0.717) is 6.54 Å². The van der Waals surface area contributed by atoms with E-state index in [2.05, 4.69) is 32.0 Å². The Bertz CT molecular complexity index is 582. The number of nitrogens with one attached hydrogen (secondary N) is 1. The van der Waals surface area contributed by atoms with Gasteiger partial charge in [0, 0.05) is 32.2 Å². The summed E-state index contributed by atoms with van der Waals surface area (Å²) in [5.41, 5.74) is 0. The summed E-state index contributed by atoms with van der Waals surface area (Å²) < 4.78 is 0. The maximum Gasteiger partial charge on any atom is 0.224 e. The molecule has 1 amide bonds. The fraction of sp³-hybridized carbons (Fsp3) is 0.722. The lowest BCUT2D eigenvalue weighted by molar-refractivity contribution is -0.125. The zero-order valence-corrected chi connectivity index (χ0v) is 15.0. The number of aliphatic hydroxyl groups is 1. The first-order valence-electron chi connectivity index (χ1n) is 9.45.